The first-order valence-corrected chi connectivity index (χ1v) is 7.75. The van der Waals surface area contributed by atoms with Crippen LogP contribution in [0.1, 0.15) is 27.1 Å². The minimum atomic E-state index is -0.165. The van der Waals surface area contributed by atoms with Crippen molar-refractivity contribution in [2.75, 3.05) is 18.0 Å². The molecule has 3 heterocycles. The second kappa shape index (κ2) is 4.66. The average molecular weight is 299 g/mol. The van der Waals surface area contributed by atoms with Gasteiger partial charge in [0.25, 0.3) is 11.8 Å². The fraction of sp³-hybridized carbons (Fsp3) is 0.267. The Morgan fingerprint density at radius 2 is 1.86 bits per heavy atom. The second-order valence-electron chi connectivity index (χ2n) is 5.23. The van der Waals surface area contributed by atoms with Crippen LogP contribution in [0.4, 0.5) is 5.13 Å². The standard InChI is InChI=1S/C15H13N3O2S/c19-13-11-3-1-2-4-12(11)14(20)18(13)10-5-7-17(9-10)15-16-6-8-21-15/h1-4,6,8,10H,5,7,9H2. The molecule has 0 aliphatic carbocycles. The maximum absolute atomic E-state index is 12.5. The topological polar surface area (TPSA) is 53.5 Å². The van der Waals surface area contributed by atoms with Gasteiger partial charge in [0.05, 0.1) is 17.2 Å². The molecule has 4 rings (SSSR count). The lowest BCUT2D eigenvalue weighted by Crippen LogP contribution is -2.41. The largest absolute Gasteiger partial charge is 0.346 e. The Hall–Kier alpha value is -2.21. The van der Waals surface area contributed by atoms with E-state index < -0.39 is 0 Å². The van der Waals surface area contributed by atoms with E-state index in [1.165, 1.54) is 4.90 Å². The van der Waals surface area contributed by atoms with Crippen LogP contribution in [-0.2, 0) is 0 Å². The van der Waals surface area contributed by atoms with Gasteiger partial charge in [-0.25, -0.2) is 4.98 Å². The van der Waals surface area contributed by atoms with E-state index in [2.05, 4.69) is 9.88 Å². The summed E-state index contributed by atoms with van der Waals surface area (Å²) in [5, 5.41) is 2.89. The number of benzene rings is 1. The van der Waals surface area contributed by atoms with Gasteiger partial charge in [0.1, 0.15) is 0 Å². The van der Waals surface area contributed by atoms with Gasteiger partial charge < -0.3 is 4.90 Å². The van der Waals surface area contributed by atoms with E-state index in [-0.39, 0.29) is 17.9 Å². The normalized spacial score (nSPS) is 21.2. The zero-order chi connectivity index (χ0) is 14.4. The molecule has 0 N–H and O–H groups in total. The van der Waals surface area contributed by atoms with E-state index in [9.17, 15) is 9.59 Å². The molecule has 1 fully saturated rings. The van der Waals surface area contributed by atoms with Crippen LogP contribution in [0.25, 0.3) is 0 Å². The van der Waals surface area contributed by atoms with Gasteiger partial charge in [-0.2, -0.15) is 0 Å². The van der Waals surface area contributed by atoms with E-state index >= 15 is 0 Å². The molecule has 5 nitrogen and oxygen atoms in total. The summed E-state index contributed by atoms with van der Waals surface area (Å²) in [6.07, 6.45) is 2.57. The Balaban J connectivity index is 1.59. The molecule has 0 bridgehead atoms. The lowest BCUT2D eigenvalue weighted by molar-refractivity contribution is 0.0598. The molecule has 2 aliphatic rings. The quantitative estimate of drug-likeness (QED) is 0.796. The number of carbonyl (C=O) groups excluding carboxylic acids is 2. The number of rotatable bonds is 2. The molecule has 2 aromatic rings. The van der Waals surface area contributed by atoms with Gasteiger partial charge in [-0.1, -0.05) is 12.1 Å². The minimum absolute atomic E-state index is 0.0682. The number of carbonyl (C=O) groups is 2. The highest BCUT2D eigenvalue weighted by Gasteiger charge is 2.42. The van der Waals surface area contributed by atoms with Gasteiger partial charge in [0.2, 0.25) is 0 Å². The van der Waals surface area contributed by atoms with E-state index in [0.717, 1.165) is 18.1 Å². The SMILES string of the molecule is O=C1c2ccccc2C(=O)N1C1CCN(c2nccs2)C1. The Bertz CT molecular complexity index is 678. The third-order valence-electron chi connectivity index (χ3n) is 4.04. The molecule has 0 saturated carbocycles. The van der Waals surface area contributed by atoms with Crippen LogP contribution in [0.15, 0.2) is 35.8 Å². The third kappa shape index (κ3) is 1.86. The second-order valence-corrected chi connectivity index (χ2v) is 6.10. The number of imide groups is 1. The highest BCUT2D eigenvalue weighted by molar-refractivity contribution is 7.13. The molecular formula is C15H13N3O2S. The summed E-state index contributed by atoms with van der Waals surface area (Å²) >= 11 is 1.58. The predicted octanol–water partition coefficient (Wildman–Crippen LogP) is 2.02. The number of anilines is 1. The van der Waals surface area contributed by atoms with Crippen molar-refractivity contribution in [3.8, 4) is 0 Å². The first-order valence-electron chi connectivity index (χ1n) is 6.87. The summed E-state index contributed by atoms with van der Waals surface area (Å²) in [7, 11) is 0. The highest BCUT2D eigenvalue weighted by atomic mass is 32.1. The Labute approximate surface area is 125 Å². The third-order valence-corrected chi connectivity index (χ3v) is 4.88. The molecule has 106 valence electrons. The fourth-order valence-electron chi connectivity index (χ4n) is 3.04. The molecule has 6 heteroatoms. The smallest absolute Gasteiger partial charge is 0.261 e. The molecule has 2 aliphatic heterocycles. The summed E-state index contributed by atoms with van der Waals surface area (Å²) in [5.74, 6) is -0.330. The highest BCUT2D eigenvalue weighted by Crippen LogP contribution is 2.30. The predicted molar refractivity (Wildman–Crippen MR) is 79.7 cm³/mol. The number of amides is 2. The summed E-state index contributed by atoms with van der Waals surface area (Å²) in [4.78, 5) is 32.8. The number of aromatic nitrogens is 1. The van der Waals surface area contributed by atoms with Crippen LogP contribution >= 0.6 is 11.3 Å². The maximum Gasteiger partial charge on any atom is 0.261 e. The average Bonchev–Trinajstić information content (AvgIpc) is 3.21. The molecule has 2 amide bonds. The van der Waals surface area contributed by atoms with Gasteiger partial charge in [-0.3, -0.25) is 14.5 Å². The zero-order valence-corrected chi connectivity index (χ0v) is 12.0. The van der Waals surface area contributed by atoms with E-state index in [1.807, 2.05) is 5.38 Å². The Kier molecular flexibility index (Phi) is 2.78. The molecular weight excluding hydrogens is 286 g/mol. The fourth-order valence-corrected chi connectivity index (χ4v) is 3.72. The summed E-state index contributed by atoms with van der Waals surface area (Å²) in [6.45, 7) is 1.49. The van der Waals surface area contributed by atoms with Crippen molar-refractivity contribution in [2.24, 2.45) is 0 Å². The zero-order valence-electron chi connectivity index (χ0n) is 11.2. The van der Waals surface area contributed by atoms with Crippen molar-refractivity contribution in [3.63, 3.8) is 0 Å². The van der Waals surface area contributed by atoms with Gasteiger partial charge in [-0.05, 0) is 18.6 Å². The van der Waals surface area contributed by atoms with Crippen molar-refractivity contribution in [1.82, 2.24) is 9.88 Å². The summed E-state index contributed by atoms with van der Waals surface area (Å²) in [5.41, 5.74) is 1.05. The lowest BCUT2D eigenvalue weighted by atomic mass is 10.1. The molecule has 0 spiro atoms. The van der Waals surface area contributed by atoms with Crippen molar-refractivity contribution < 1.29 is 9.59 Å². The summed E-state index contributed by atoms with van der Waals surface area (Å²) in [6, 6.07) is 6.97. The van der Waals surface area contributed by atoms with Gasteiger partial charge in [0, 0.05) is 24.7 Å². The number of thiazole rings is 1. The van der Waals surface area contributed by atoms with Crippen molar-refractivity contribution in [1.29, 1.82) is 0 Å². The molecule has 1 atom stereocenters. The first kappa shape index (κ1) is 12.5. The molecule has 1 aromatic heterocycles. The van der Waals surface area contributed by atoms with Crippen LogP contribution in [0.5, 0.6) is 0 Å². The van der Waals surface area contributed by atoms with E-state index in [1.54, 1.807) is 41.8 Å². The van der Waals surface area contributed by atoms with E-state index in [4.69, 9.17) is 0 Å². The lowest BCUT2D eigenvalue weighted by Gasteiger charge is -2.22. The van der Waals surface area contributed by atoms with Crippen LogP contribution in [0, 0.1) is 0 Å². The van der Waals surface area contributed by atoms with Crippen molar-refractivity contribution in [2.45, 2.75) is 12.5 Å². The number of hydrogen-bond donors (Lipinski definition) is 0. The Morgan fingerprint density at radius 1 is 1.14 bits per heavy atom. The monoisotopic (exact) mass is 299 g/mol. The van der Waals surface area contributed by atoms with Gasteiger partial charge >= 0.3 is 0 Å². The van der Waals surface area contributed by atoms with Crippen molar-refractivity contribution >= 4 is 28.3 Å². The Morgan fingerprint density at radius 3 is 2.48 bits per heavy atom. The number of fused-ring (bicyclic) bond motifs is 1. The van der Waals surface area contributed by atoms with Crippen molar-refractivity contribution in [3.05, 3.63) is 47.0 Å². The van der Waals surface area contributed by atoms with Gasteiger partial charge in [0.15, 0.2) is 5.13 Å². The van der Waals surface area contributed by atoms with Crippen LogP contribution in [0.2, 0.25) is 0 Å². The molecule has 0 radical (unpaired) electrons. The molecule has 1 saturated heterocycles. The van der Waals surface area contributed by atoms with Gasteiger partial charge in [-0.15, -0.1) is 11.3 Å². The van der Waals surface area contributed by atoms with Crippen LogP contribution in [0.3, 0.4) is 0 Å². The van der Waals surface area contributed by atoms with Crippen LogP contribution < -0.4 is 4.90 Å². The summed E-state index contributed by atoms with van der Waals surface area (Å²) < 4.78 is 0. The molecule has 21 heavy (non-hydrogen) atoms. The first-order chi connectivity index (χ1) is 10.3. The molecule has 1 unspecified atom stereocenters. The van der Waals surface area contributed by atoms with Crippen LogP contribution in [-0.4, -0.2) is 40.8 Å². The number of nitrogens with zero attached hydrogens (tertiary/aromatic N) is 3. The minimum Gasteiger partial charge on any atom is -0.346 e. The van der Waals surface area contributed by atoms with E-state index in [0.29, 0.717) is 17.7 Å². The maximum atomic E-state index is 12.5. The molecule has 1 aromatic carbocycles. The number of hydrogen-bond acceptors (Lipinski definition) is 5.